The van der Waals surface area contributed by atoms with Crippen LogP contribution in [0.1, 0.15) is 16.8 Å². The molecule has 0 amide bonds. The van der Waals surface area contributed by atoms with Crippen LogP contribution in [0.2, 0.25) is 0 Å². The zero-order chi connectivity index (χ0) is 14.8. The van der Waals surface area contributed by atoms with Gasteiger partial charge in [0, 0.05) is 5.38 Å². The zero-order valence-electron chi connectivity index (χ0n) is 11.5. The van der Waals surface area contributed by atoms with Gasteiger partial charge in [-0.25, -0.2) is 18.1 Å². The van der Waals surface area contributed by atoms with Gasteiger partial charge in [-0.3, -0.25) is 0 Å². The molecule has 0 saturated carbocycles. The average Bonchev–Trinajstić information content (AvgIpc) is 2.92. The SMILES string of the molecule is COc1ccc(S(=O)(=O)NCc2cscn2)c(C)c1C. The number of ether oxygens (including phenoxy) is 1. The van der Waals surface area contributed by atoms with Crippen LogP contribution in [0.5, 0.6) is 5.75 Å². The third-order valence-electron chi connectivity index (χ3n) is 3.12. The van der Waals surface area contributed by atoms with Crippen molar-refractivity contribution in [3.63, 3.8) is 0 Å². The first-order valence-electron chi connectivity index (χ1n) is 5.96. The number of nitrogens with one attached hydrogen (secondary N) is 1. The fourth-order valence-electron chi connectivity index (χ4n) is 1.85. The number of thiazole rings is 1. The largest absolute Gasteiger partial charge is 0.496 e. The Kier molecular flexibility index (Phi) is 4.42. The van der Waals surface area contributed by atoms with Crippen LogP contribution in [0.15, 0.2) is 27.9 Å². The number of methoxy groups -OCH3 is 1. The summed E-state index contributed by atoms with van der Waals surface area (Å²) in [5.41, 5.74) is 3.90. The van der Waals surface area contributed by atoms with Gasteiger partial charge < -0.3 is 4.74 Å². The Morgan fingerprint density at radius 2 is 2.05 bits per heavy atom. The molecule has 1 aromatic carbocycles. The highest BCUT2D eigenvalue weighted by molar-refractivity contribution is 7.89. The van der Waals surface area contributed by atoms with Gasteiger partial charge in [-0.2, -0.15) is 0 Å². The molecule has 0 aliphatic carbocycles. The molecule has 2 aromatic rings. The first-order chi connectivity index (χ1) is 9.45. The summed E-state index contributed by atoms with van der Waals surface area (Å²) in [6.45, 7) is 3.80. The van der Waals surface area contributed by atoms with E-state index in [1.807, 2.05) is 12.3 Å². The van der Waals surface area contributed by atoms with E-state index in [1.54, 1.807) is 31.7 Å². The van der Waals surface area contributed by atoms with Crippen LogP contribution in [0.3, 0.4) is 0 Å². The fraction of sp³-hybridized carbons (Fsp3) is 0.308. The summed E-state index contributed by atoms with van der Waals surface area (Å²) in [6, 6.07) is 3.23. The minimum absolute atomic E-state index is 0.191. The molecular weight excluding hydrogens is 296 g/mol. The molecule has 0 atom stereocenters. The monoisotopic (exact) mass is 312 g/mol. The summed E-state index contributed by atoms with van der Waals surface area (Å²) < 4.78 is 32.4. The lowest BCUT2D eigenvalue weighted by Crippen LogP contribution is -2.24. The van der Waals surface area contributed by atoms with E-state index in [0.29, 0.717) is 17.0 Å². The quantitative estimate of drug-likeness (QED) is 0.919. The Morgan fingerprint density at radius 3 is 2.65 bits per heavy atom. The van der Waals surface area contributed by atoms with Crippen molar-refractivity contribution in [2.75, 3.05) is 7.11 Å². The Hall–Kier alpha value is -1.44. The molecule has 1 aromatic heterocycles. The van der Waals surface area contributed by atoms with Crippen molar-refractivity contribution in [2.24, 2.45) is 0 Å². The molecule has 0 spiro atoms. The van der Waals surface area contributed by atoms with Gasteiger partial charge in [-0.15, -0.1) is 11.3 Å². The number of benzene rings is 1. The smallest absolute Gasteiger partial charge is 0.241 e. The van der Waals surface area contributed by atoms with Gasteiger partial charge in [-0.05, 0) is 37.1 Å². The molecular formula is C13H16N2O3S2. The standard InChI is InChI=1S/C13H16N2O3S2/c1-9-10(2)13(5-4-12(9)18-3)20(16,17)15-6-11-7-19-8-14-11/h4-5,7-8,15H,6H2,1-3H3. The maximum Gasteiger partial charge on any atom is 0.241 e. The summed E-state index contributed by atoms with van der Waals surface area (Å²) >= 11 is 1.43. The van der Waals surface area contributed by atoms with E-state index in [2.05, 4.69) is 9.71 Å². The minimum atomic E-state index is -3.56. The summed E-state index contributed by atoms with van der Waals surface area (Å²) in [5.74, 6) is 0.681. The van der Waals surface area contributed by atoms with Gasteiger partial charge in [0.25, 0.3) is 0 Å². The second-order valence-electron chi connectivity index (χ2n) is 4.32. The Morgan fingerprint density at radius 1 is 1.30 bits per heavy atom. The van der Waals surface area contributed by atoms with Crippen molar-refractivity contribution >= 4 is 21.4 Å². The van der Waals surface area contributed by atoms with Crippen LogP contribution >= 0.6 is 11.3 Å². The first kappa shape index (κ1) is 15.0. The molecule has 0 unspecified atom stereocenters. The van der Waals surface area contributed by atoms with Crippen molar-refractivity contribution in [1.82, 2.24) is 9.71 Å². The van der Waals surface area contributed by atoms with E-state index >= 15 is 0 Å². The van der Waals surface area contributed by atoms with Crippen molar-refractivity contribution in [3.05, 3.63) is 39.8 Å². The second kappa shape index (κ2) is 5.90. The van der Waals surface area contributed by atoms with E-state index in [4.69, 9.17) is 4.74 Å². The molecule has 108 valence electrons. The second-order valence-corrected chi connectivity index (χ2v) is 6.77. The molecule has 0 saturated heterocycles. The maximum absolute atomic E-state index is 12.3. The van der Waals surface area contributed by atoms with Crippen molar-refractivity contribution in [3.8, 4) is 5.75 Å². The average molecular weight is 312 g/mol. The molecule has 1 heterocycles. The first-order valence-corrected chi connectivity index (χ1v) is 8.39. The highest BCUT2D eigenvalue weighted by Crippen LogP contribution is 2.26. The van der Waals surface area contributed by atoms with Crippen LogP contribution in [-0.4, -0.2) is 20.5 Å². The molecule has 0 aliphatic heterocycles. The zero-order valence-corrected chi connectivity index (χ0v) is 13.1. The van der Waals surface area contributed by atoms with Gasteiger partial charge in [0.15, 0.2) is 0 Å². The molecule has 2 rings (SSSR count). The Labute approximate surface area is 122 Å². The van der Waals surface area contributed by atoms with E-state index in [-0.39, 0.29) is 11.4 Å². The summed E-state index contributed by atoms with van der Waals surface area (Å²) in [4.78, 5) is 4.32. The van der Waals surface area contributed by atoms with Gasteiger partial charge in [0.1, 0.15) is 5.75 Å². The van der Waals surface area contributed by atoms with Gasteiger partial charge in [0.2, 0.25) is 10.0 Å². The van der Waals surface area contributed by atoms with E-state index in [0.717, 1.165) is 5.56 Å². The molecule has 0 fully saturated rings. The normalized spacial score (nSPS) is 11.6. The minimum Gasteiger partial charge on any atom is -0.496 e. The molecule has 0 bridgehead atoms. The maximum atomic E-state index is 12.3. The molecule has 5 nitrogen and oxygen atoms in total. The van der Waals surface area contributed by atoms with E-state index < -0.39 is 10.0 Å². The molecule has 7 heteroatoms. The third kappa shape index (κ3) is 3.00. The van der Waals surface area contributed by atoms with Crippen LogP contribution < -0.4 is 9.46 Å². The third-order valence-corrected chi connectivity index (χ3v) is 5.30. The number of nitrogens with zero attached hydrogens (tertiary/aromatic N) is 1. The number of sulfonamides is 1. The molecule has 20 heavy (non-hydrogen) atoms. The summed E-state index contributed by atoms with van der Waals surface area (Å²) in [6.07, 6.45) is 0. The number of aromatic nitrogens is 1. The predicted molar refractivity (Wildman–Crippen MR) is 78.6 cm³/mol. The lowest BCUT2D eigenvalue weighted by molar-refractivity contribution is 0.410. The van der Waals surface area contributed by atoms with Crippen molar-refractivity contribution in [2.45, 2.75) is 25.3 Å². The lowest BCUT2D eigenvalue weighted by Gasteiger charge is -2.13. The molecule has 1 N–H and O–H groups in total. The summed E-state index contributed by atoms with van der Waals surface area (Å²) in [5, 5.41) is 1.81. The van der Waals surface area contributed by atoms with Gasteiger partial charge in [0.05, 0.1) is 29.8 Å². The van der Waals surface area contributed by atoms with Crippen LogP contribution in [-0.2, 0) is 16.6 Å². The van der Waals surface area contributed by atoms with Crippen molar-refractivity contribution in [1.29, 1.82) is 0 Å². The van der Waals surface area contributed by atoms with E-state index in [9.17, 15) is 8.42 Å². The molecule has 0 aliphatic rings. The van der Waals surface area contributed by atoms with Crippen LogP contribution in [0, 0.1) is 13.8 Å². The predicted octanol–water partition coefficient (Wildman–Crippen LogP) is 2.25. The summed E-state index contributed by atoms with van der Waals surface area (Å²) in [7, 11) is -1.99. The fourth-order valence-corrected chi connectivity index (χ4v) is 3.71. The van der Waals surface area contributed by atoms with E-state index in [1.165, 1.54) is 11.3 Å². The number of rotatable bonds is 5. The van der Waals surface area contributed by atoms with Gasteiger partial charge in [-0.1, -0.05) is 0 Å². The van der Waals surface area contributed by atoms with Crippen LogP contribution in [0.25, 0.3) is 0 Å². The highest BCUT2D eigenvalue weighted by atomic mass is 32.2. The van der Waals surface area contributed by atoms with Gasteiger partial charge >= 0.3 is 0 Å². The lowest BCUT2D eigenvalue weighted by atomic mass is 10.1. The van der Waals surface area contributed by atoms with Crippen molar-refractivity contribution < 1.29 is 13.2 Å². The Balaban J connectivity index is 2.28. The number of hydrogen-bond acceptors (Lipinski definition) is 5. The van der Waals surface area contributed by atoms with Crippen LogP contribution in [0.4, 0.5) is 0 Å². The number of hydrogen-bond donors (Lipinski definition) is 1. The highest BCUT2D eigenvalue weighted by Gasteiger charge is 2.19. The Bertz CT molecular complexity index is 695. The molecule has 0 radical (unpaired) electrons. The topological polar surface area (TPSA) is 68.3 Å².